The molecule has 0 spiro atoms. The molecule has 0 aliphatic carbocycles. The number of fused-ring (bicyclic) bond motifs is 6. The van der Waals surface area contributed by atoms with Gasteiger partial charge >= 0.3 is 17.9 Å². The van der Waals surface area contributed by atoms with E-state index in [0.717, 1.165) is 6.42 Å². The van der Waals surface area contributed by atoms with Crippen LogP contribution in [0.3, 0.4) is 0 Å². The summed E-state index contributed by atoms with van der Waals surface area (Å²) in [6.07, 6.45) is 20.4. The number of esters is 3. The Hall–Kier alpha value is -3.60. The Kier molecular flexibility index (Phi) is 31.7. The van der Waals surface area contributed by atoms with Gasteiger partial charge in [-0.2, -0.15) is 0 Å². The summed E-state index contributed by atoms with van der Waals surface area (Å²) in [6.45, 7) is 51.1. The summed E-state index contributed by atoms with van der Waals surface area (Å²) >= 11 is 6.70. The Morgan fingerprint density at radius 1 is 0.594 bits per heavy atom. The maximum absolute atomic E-state index is 14.9. The molecular formula is C77H130ClN3O17Si3. The molecule has 574 valence electrons. The number of azide groups is 1. The lowest BCUT2D eigenvalue weighted by Gasteiger charge is -2.52. The third kappa shape index (κ3) is 26.1. The largest absolute Gasteiger partial charge is 0.469 e. The van der Waals surface area contributed by atoms with Crippen molar-refractivity contribution in [1.29, 1.82) is 0 Å². The van der Waals surface area contributed by atoms with Crippen molar-refractivity contribution >= 4 is 54.5 Å². The van der Waals surface area contributed by atoms with Crippen LogP contribution in [0.2, 0.25) is 54.4 Å². The second-order valence-corrected chi connectivity index (χ2v) is 49.8. The number of carbonyl (C=O) groups excluding carboxylic acids is 3. The number of alkyl halides is 1. The Labute approximate surface area is 615 Å². The van der Waals surface area contributed by atoms with E-state index in [1.54, 1.807) is 7.11 Å². The van der Waals surface area contributed by atoms with Crippen LogP contribution in [0.5, 0.6) is 0 Å². The number of allylic oxidation sites excluding steroid dienone is 13. The van der Waals surface area contributed by atoms with Gasteiger partial charge in [-0.3, -0.25) is 14.4 Å². The number of methoxy groups -OCH3 is 2. The van der Waals surface area contributed by atoms with Gasteiger partial charge in [0, 0.05) is 44.1 Å². The summed E-state index contributed by atoms with van der Waals surface area (Å²) in [5.41, 5.74) is 10.3. The highest BCUT2D eigenvalue weighted by Gasteiger charge is 2.58. The number of ether oxygens (including phenoxy) is 11. The summed E-state index contributed by atoms with van der Waals surface area (Å²) in [4.78, 5) is 44.6. The van der Waals surface area contributed by atoms with Gasteiger partial charge in [0.1, 0.15) is 22.9 Å². The van der Waals surface area contributed by atoms with Crippen LogP contribution in [-0.4, -0.2) is 165 Å². The first-order chi connectivity index (χ1) is 46.5. The molecule has 4 fully saturated rings. The van der Waals surface area contributed by atoms with Crippen molar-refractivity contribution < 1.29 is 79.8 Å². The molecule has 0 radical (unpaired) electrons. The predicted molar refractivity (Wildman–Crippen MR) is 405 cm³/mol. The molecule has 4 saturated heterocycles. The molecule has 5 aliphatic heterocycles. The number of hydrogen-bond donors (Lipinski definition) is 0. The summed E-state index contributed by atoms with van der Waals surface area (Å²) in [7, 11) is -4.93. The second-order valence-electron chi connectivity index (χ2n) is 34.6. The smallest absolute Gasteiger partial charge is 0.327 e. The van der Waals surface area contributed by atoms with Gasteiger partial charge in [0.05, 0.1) is 74.6 Å². The molecule has 0 N–H and O–H groups in total. The summed E-state index contributed by atoms with van der Waals surface area (Å²) in [5, 5.41) is 3.57. The highest BCUT2D eigenvalue weighted by molar-refractivity contribution is 6.75. The minimum Gasteiger partial charge on any atom is -0.469 e. The van der Waals surface area contributed by atoms with E-state index in [1.165, 1.54) is 21.0 Å². The Morgan fingerprint density at radius 3 is 1.62 bits per heavy atom. The Morgan fingerprint density at radius 2 is 1.10 bits per heavy atom. The Bertz CT molecular complexity index is 2970. The van der Waals surface area contributed by atoms with Crippen molar-refractivity contribution in [2.24, 2.45) is 22.9 Å². The number of rotatable bonds is 13. The van der Waals surface area contributed by atoms with E-state index in [-0.39, 0.29) is 70.8 Å². The molecule has 5 rings (SSSR count). The van der Waals surface area contributed by atoms with Gasteiger partial charge in [0.25, 0.3) is 0 Å². The molecule has 0 aromatic heterocycles. The maximum atomic E-state index is 14.9. The fraction of sp³-hybridized carbons (Fsp3) is 0.779. The third-order valence-corrected chi connectivity index (χ3v) is 35.1. The van der Waals surface area contributed by atoms with Crippen LogP contribution in [0, 0.1) is 17.8 Å². The van der Waals surface area contributed by atoms with Gasteiger partial charge in [0.15, 0.2) is 54.7 Å². The van der Waals surface area contributed by atoms with Crippen molar-refractivity contribution in [3.63, 3.8) is 0 Å². The SMILES string of the molecule is COC(=O)[C@H]1[C@@H]2C[C@@H](O[C@@H]3O[C@H](C)[C@@H](O[Si](C)(C)C(C)(C)C)[C@H](N=[N+]=[N-])[C@H]3OC(=O)C(C)(C)Cl)C=CC=CC=CC=CC=CC=CC=C[C@H](C)C[C@@H](C)[C@H](C)OC(=O)C[C@H]3C[C@@H](CC[C@@H](O[Si](C)(C)C(C)(C)C)[C@H]4C[C@@H](C[C@](OC)(C[C@@H]1O[Si](C)(C)C(C)(C)C)O2)OC(C)(C)O4)OC(C)(C)O3. The van der Waals surface area contributed by atoms with Gasteiger partial charge in [0.2, 0.25) is 0 Å². The molecule has 0 aromatic carbocycles. The average Bonchev–Trinajstić information content (AvgIpc) is 0.761. The number of carbonyl (C=O) groups is 3. The molecule has 0 unspecified atom stereocenters. The van der Waals surface area contributed by atoms with Crippen molar-refractivity contribution in [3.05, 3.63) is 95.5 Å². The lowest BCUT2D eigenvalue weighted by atomic mass is 9.82. The summed E-state index contributed by atoms with van der Waals surface area (Å²) in [6, 6.07) is -1.15. The van der Waals surface area contributed by atoms with Crippen LogP contribution in [0.25, 0.3) is 10.4 Å². The first-order valence-electron chi connectivity index (χ1n) is 36.7. The summed E-state index contributed by atoms with van der Waals surface area (Å²) in [5.74, 6) is -5.94. The van der Waals surface area contributed by atoms with Gasteiger partial charge in [-0.1, -0.05) is 166 Å². The highest BCUT2D eigenvalue weighted by atomic mass is 35.5. The second kappa shape index (κ2) is 36.3. The van der Waals surface area contributed by atoms with Crippen molar-refractivity contribution in [2.75, 3.05) is 14.2 Å². The number of hydrogen-bond acceptors (Lipinski definition) is 18. The van der Waals surface area contributed by atoms with E-state index in [9.17, 15) is 19.9 Å². The average molecular weight is 1490 g/mol. The van der Waals surface area contributed by atoms with E-state index in [1.807, 2.05) is 121 Å². The minimum atomic E-state index is -2.75. The van der Waals surface area contributed by atoms with Crippen molar-refractivity contribution in [3.8, 4) is 0 Å². The van der Waals surface area contributed by atoms with Crippen LogP contribution in [-0.2, 0) is 79.8 Å². The molecule has 5 heterocycles. The number of halogens is 1. The molecule has 101 heavy (non-hydrogen) atoms. The van der Waals surface area contributed by atoms with Gasteiger partial charge in [-0.25, -0.2) is 0 Å². The van der Waals surface area contributed by atoms with Gasteiger partial charge in [-0.05, 0) is 146 Å². The Balaban J connectivity index is 1.71. The van der Waals surface area contributed by atoms with Crippen molar-refractivity contribution in [1.82, 2.24) is 0 Å². The van der Waals surface area contributed by atoms with E-state index in [0.29, 0.717) is 25.7 Å². The van der Waals surface area contributed by atoms with Crippen LogP contribution in [0.15, 0.2) is 90.2 Å². The molecule has 0 saturated carbocycles. The monoisotopic (exact) mass is 1490 g/mol. The van der Waals surface area contributed by atoms with E-state index < -0.39 is 138 Å². The fourth-order valence-electron chi connectivity index (χ4n) is 12.8. The quantitative estimate of drug-likeness (QED) is 0.0317. The normalized spacial score (nSPS) is 33.7. The number of nitrogens with zero attached hydrogens (tertiary/aromatic N) is 3. The predicted octanol–water partition coefficient (Wildman–Crippen LogP) is 18.1. The van der Waals surface area contributed by atoms with Gasteiger partial charge < -0.3 is 65.4 Å². The molecule has 0 amide bonds. The molecule has 20 nitrogen and oxygen atoms in total. The molecular weight excluding hydrogens is 1360 g/mol. The zero-order chi connectivity index (χ0) is 76.1. The van der Waals surface area contributed by atoms with E-state index >= 15 is 0 Å². The summed E-state index contributed by atoms with van der Waals surface area (Å²) < 4.78 is 95.5. The van der Waals surface area contributed by atoms with Gasteiger partial charge in [-0.15, -0.1) is 11.6 Å². The van der Waals surface area contributed by atoms with Crippen LogP contribution in [0.1, 0.15) is 189 Å². The highest BCUT2D eigenvalue weighted by Crippen LogP contribution is 2.49. The lowest BCUT2D eigenvalue weighted by Crippen LogP contribution is -2.63. The van der Waals surface area contributed by atoms with E-state index in [2.05, 4.69) is 132 Å². The zero-order valence-corrected chi connectivity index (χ0v) is 70.2. The van der Waals surface area contributed by atoms with E-state index in [4.69, 9.17) is 77.0 Å². The number of cyclic esters (lactones) is 1. The topological polar surface area (TPSA) is 229 Å². The van der Waals surface area contributed by atoms with Crippen LogP contribution in [0.4, 0.5) is 0 Å². The van der Waals surface area contributed by atoms with Crippen LogP contribution >= 0.6 is 11.6 Å². The molecule has 18 atom stereocenters. The standard InChI is InChI=1S/C77H130ClN3O17Si3/c1-51-40-38-36-34-32-30-28-29-31-33-35-37-39-41-55(89-69-67(90-70(84)74(14,15)78)65(80-81-79)66(54(4)88-69)98-101(26,27)73(11,12)13)46-61-64(68(83)85-20)62(97-100(24,25)72(8,9)10)50-77(86-21,95-61)49-58-47-60(94-76(18,19)93-58)59(96-99(22,23)71(5,6)7)43-42-56-45-57(92-75(16,17)91-56)48-63(82)87-53(3)52(2)44-51/h28-41,51-62,64-67,69H,42-50H2,1-27H3/t51-,52+,53-,54+,55-,56+,57+,58-,59+,60+,61-,62-,64-,65-,66+,67+,69-,77+/m0/s1. The maximum Gasteiger partial charge on any atom is 0.327 e. The first kappa shape index (κ1) is 88.0. The molecule has 5 aliphatic rings. The fourth-order valence-corrected chi connectivity index (χ4v) is 16.9. The van der Waals surface area contributed by atoms with Crippen LogP contribution < -0.4 is 0 Å². The zero-order valence-electron chi connectivity index (χ0n) is 66.4. The first-order valence-corrected chi connectivity index (χ1v) is 45.8. The van der Waals surface area contributed by atoms with Crippen molar-refractivity contribution in [2.45, 2.75) is 352 Å². The third-order valence-electron chi connectivity index (χ3n) is 21.5. The molecule has 0 aromatic rings. The lowest BCUT2D eigenvalue weighted by molar-refractivity contribution is -0.348. The molecule has 24 heteroatoms. The molecule has 6 bridgehead atoms. The minimum absolute atomic E-state index is 0.0383.